The Balaban J connectivity index is 1.70. The molecule has 13 heteroatoms. The Morgan fingerprint density at radius 3 is 2.37 bits per heavy atom. The van der Waals surface area contributed by atoms with Crippen LogP contribution in [-0.2, 0) is 38.1 Å². The van der Waals surface area contributed by atoms with E-state index < -0.39 is 84.7 Å². The summed E-state index contributed by atoms with van der Waals surface area (Å²) in [5.41, 5.74) is -0.790. The minimum atomic E-state index is -1.76. The van der Waals surface area contributed by atoms with Gasteiger partial charge in [-0.25, -0.2) is 4.79 Å². The topological polar surface area (TPSA) is 199 Å². The highest BCUT2D eigenvalue weighted by atomic mass is 16.8. The Labute approximate surface area is 235 Å². The number of phenols is 1. The van der Waals surface area contributed by atoms with Crippen molar-refractivity contribution in [2.24, 2.45) is 17.8 Å². The highest BCUT2D eigenvalue weighted by molar-refractivity contribution is 5.98. The molecule has 5 N–H and O–H groups in total. The Morgan fingerprint density at radius 2 is 1.76 bits per heavy atom. The first-order chi connectivity index (χ1) is 19.4. The van der Waals surface area contributed by atoms with E-state index in [0.717, 1.165) is 13.4 Å². The fraction of sp³-hybridized carbons (Fsp3) is 0.536. The zero-order valence-electron chi connectivity index (χ0n) is 22.7. The minimum absolute atomic E-state index is 0.00147. The summed E-state index contributed by atoms with van der Waals surface area (Å²) in [6.07, 6.45) is -5.44. The number of hydrogen-bond donors (Lipinski definition) is 5. The normalized spacial score (nSPS) is 36.7. The molecule has 10 atom stereocenters. The third-order valence-electron chi connectivity index (χ3n) is 7.75. The lowest BCUT2D eigenvalue weighted by atomic mass is 9.77. The molecule has 0 aromatic heterocycles. The first kappa shape index (κ1) is 30.6. The van der Waals surface area contributed by atoms with Crippen molar-refractivity contribution >= 4 is 23.8 Å². The van der Waals surface area contributed by atoms with E-state index in [4.69, 9.17) is 23.7 Å². The molecule has 1 saturated carbocycles. The molecule has 3 aliphatic rings. The average molecular weight is 579 g/mol. The molecule has 13 nitrogen and oxygen atoms in total. The number of carbonyl (C=O) groups is 3. The van der Waals surface area contributed by atoms with Crippen molar-refractivity contribution in [2.75, 3.05) is 13.7 Å². The van der Waals surface area contributed by atoms with Crippen LogP contribution in [0.2, 0.25) is 0 Å². The molecule has 2 aliphatic heterocycles. The predicted octanol–water partition coefficient (Wildman–Crippen LogP) is -0.222. The van der Waals surface area contributed by atoms with E-state index in [9.17, 15) is 39.9 Å². The van der Waals surface area contributed by atoms with Crippen molar-refractivity contribution in [2.45, 2.75) is 62.9 Å². The number of benzene rings is 1. The highest BCUT2D eigenvalue weighted by Gasteiger charge is 2.63. The molecule has 224 valence electrons. The summed E-state index contributed by atoms with van der Waals surface area (Å²) in [7, 11) is 1.16. The lowest BCUT2D eigenvalue weighted by molar-refractivity contribution is -0.346. The van der Waals surface area contributed by atoms with Gasteiger partial charge in [-0.2, -0.15) is 0 Å². The fourth-order valence-corrected chi connectivity index (χ4v) is 5.83. The van der Waals surface area contributed by atoms with Gasteiger partial charge in [0.2, 0.25) is 6.29 Å². The predicted molar refractivity (Wildman–Crippen MR) is 137 cm³/mol. The van der Waals surface area contributed by atoms with Crippen LogP contribution >= 0.6 is 0 Å². The number of methoxy groups -OCH3 is 1. The second-order valence-corrected chi connectivity index (χ2v) is 10.5. The molecule has 0 spiro atoms. The molecule has 1 aliphatic carbocycles. The SMILES string of the molecule is COC(=O)C1=CO[C@@H](O[C@@H]2O[C@H](CO)[C@@H](O)[C@H](O)[C@H]2O)[C@H]2[C@@H]1[C@H](C(=O)/C=C\c1ccc(O)cc1)C[C@]2(C)OC(C)=O. The molecule has 1 aromatic rings. The number of fused-ring (bicyclic) bond motifs is 1. The van der Waals surface area contributed by atoms with Gasteiger partial charge in [0.05, 0.1) is 31.5 Å². The van der Waals surface area contributed by atoms with E-state index in [0.29, 0.717) is 5.56 Å². The number of ether oxygens (including phenoxy) is 5. The van der Waals surface area contributed by atoms with Crippen LogP contribution in [0.25, 0.3) is 6.08 Å². The summed E-state index contributed by atoms with van der Waals surface area (Å²) < 4.78 is 27.7. The van der Waals surface area contributed by atoms with E-state index in [-0.39, 0.29) is 17.7 Å². The number of rotatable bonds is 8. The number of hydrogen-bond acceptors (Lipinski definition) is 13. The summed E-state index contributed by atoms with van der Waals surface area (Å²) >= 11 is 0. The zero-order valence-corrected chi connectivity index (χ0v) is 22.7. The molecular formula is C28H34O13. The molecule has 0 bridgehead atoms. The number of esters is 2. The highest BCUT2D eigenvalue weighted by Crippen LogP contribution is 2.54. The van der Waals surface area contributed by atoms with E-state index in [1.807, 2.05) is 0 Å². The number of phenolic OH excluding ortho intramolecular Hbond substituents is 1. The Kier molecular flexibility index (Phi) is 9.16. The number of aromatic hydroxyl groups is 1. The Morgan fingerprint density at radius 1 is 1.07 bits per heavy atom. The van der Waals surface area contributed by atoms with Crippen LogP contribution in [0, 0.1) is 17.8 Å². The van der Waals surface area contributed by atoms with Gasteiger partial charge in [0.15, 0.2) is 12.1 Å². The monoisotopic (exact) mass is 578 g/mol. The quantitative estimate of drug-likeness (QED) is 0.201. The maximum absolute atomic E-state index is 13.6. The Bertz CT molecular complexity index is 1190. The van der Waals surface area contributed by atoms with Crippen LogP contribution in [-0.4, -0.2) is 99.6 Å². The van der Waals surface area contributed by atoms with Crippen LogP contribution < -0.4 is 0 Å². The van der Waals surface area contributed by atoms with E-state index in [1.54, 1.807) is 25.1 Å². The maximum atomic E-state index is 13.6. The minimum Gasteiger partial charge on any atom is -0.508 e. The van der Waals surface area contributed by atoms with Crippen molar-refractivity contribution in [3.63, 3.8) is 0 Å². The number of allylic oxidation sites excluding steroid dienone is 1. The number of carbonyl (C=O) groups excluding carboxylic acids is 3. The van der Waals surface area contributed by atoms with Crippen LogP contribution in [0.5, 0.6) is 5.75 Å². The van der Waals surface area contributed by atoms with Gasteiger partial charge in [-0.3, -0.25) is 9.59 Å². The third kappa shape index (κ3) is 6.15. The van der Waals surface area contributed by atoms with E-state index in [2.05, 4.69) is 0 Å². The number of ketones is 1. The van der Waals surface area contributed by atoms with Crippen LogP contribution in [0.1, 0.15) is 25.8 Å². The Hall–Kier alpha value is -3.33. The molecule has 4 rings (SSSR count). The standard InChI is InChI=1S/C28H34O13/c1-13(30)41-28(2)10-16(18(32)9-6-14-4-7-15(31)8-5-14)20-17(25(36)37-3)12-38-26(21(20)28)40-27-24(35)23(34)22(33)19(11-29)39-27/h4-9,12,16,19-24,26-27,29,31,33-35H,10-11H2,1-3H3/b9-6-/t16-,19+,20+,21+,22+,23-,24+,26-,27-,28-/m0/s1. The third-order valence-corrected chi connectivity index (χ3v) is 7.75. The summed E-state index contributed by atoms with van der Waals surface area (Å²) in [6.45, 7) is 2.06. The summed E-state index contributed by atoms with van der Waals surface area (Å²) in [4.78, 5) is 38.6. The average Bonchev–Trinajstić information content (AvgIpc) is 3.25. The molecule has 1 saturated heterocycles. The molecule has 41 heavy (non-hydrogen) atoms. The lowest BCUT2D eigenvalue weighted by Crippen LogP contribution is -2.61. The molecule has 0 radical (unpaired) electrons. The molecule has 2 heterocycles. The summed E-state index contributed by atoms with van der Waals surface area (Å²) in [5, 5.41) is 49.9. The maximum Gasteiger partial charge on any atom is 0.337 e. The van der Waals surface area contributed by atoms with Gasteiger partial charge < -0.3 is 49.2 Å². The van der Waals surface area contributed by atoms with Crippen LogP contribution in [0.3, 0.4) is 0 Å². The van der Waals surface area contributed by atoms with E-state index >= 15 is 0 Å². The van der Waals surface area contributed by atoms with Crippen LogP contribution in [0.4, 0.5) is 0 Å². The van der Waals surface area contributed by atoms with Gasteiger partial charge in [-0.05, 0) is 37.1 Å². The first-order valence-electron chi connectivity index (χ1n) is 13.0. The number of aliphatic hydroxyl groups excluding tert-OH is 4. The van der Waals surface area contributed by atoms with Gasteiger partial charge >= 0.3 is 11.9 Å². The van der Waals surface area contributed by atoms with Gasteiger partial charge in [-0.15, -0.1) is 0 Å². The summed E-state index contributed by atoms with van der Waals surface area (Å²) in [5.74, 6) is -4.63. The molecular weight excluding hydrogens is 544 g/mol. The van der Waals surface area contributed by atoms with Gasteiger partial charge in [0, 0.05) is 18.8 Å². The largest absolute Gasteiger partial charge is 0.508 e. The first-order valence-corrected chi connectivity index (χ1v) is 13.0. The van der Waals surface area contributed by atoms with Crippen molar-refractivity contribution in [3.05, 3.63) is 47.7 Å². The molecule has 0 unspecified atom stereocenters. The van der Waals surface area contributed by atoms with Gasteiger partial charge in [0.1, 0.15) is 35.8 Å². The lowest BCUT2D eigenvalue weighted by Gasteiger charge is -2.44. The number of aliphatic hydroxyl groups is 4. The fourth-order valence-electron chi connectivity index (χ4n) is 5.83. The van der Waals surface area contributed by atoms with Crippen molar-refractivity contribution in [3.8, 4) is 5.75 Å². The molecule has 0 amide bonds. The van der Waals surface area contributed by atoms with Crippen molar-refractivity contribution in [1.82, 2.24) is 0 Å². The molecule has 2 fully saturated rings. The summed E-state index contributed by atoms with van der Waals surface area (Å²) in [6, 6.07) is 6.15. The molecule has 1 aromatic carbocycles. The second kappa shape index (κ2) is 12.3. The van der Waals surface area contributed by atoms with Crippen molar-refractivity contribution < 1.29 is 63.6 Å². The smallest absolute Gasteiger partial charge is 0.337 e. The van der Waals surface area contributed by atoms with Gasteiger partial charge in [0.25, 0.3) is 0 Å². The van der Waals surface area contributed by atoms with Crippen LogP contribution in [0.15, 0.2) is 42.2 Å². The second-order valence-electron chi connectivity index (χ2n) is 10.5. The van der Waals surface area contributed by atoms with Gasteiger partial charge in [-0.1, -0.05) is 18.2 Å². The van der Waals surface area contributed by atoms with E-state index in [1.165, 1.54) is 25.1 Å². The zero-order chi connectivity index (χ0) is 30.1. The van der Waals surface area contributed by atoms with Crippen molar-refractivity contribution in [1.29, 1.82) is 0 Å².